The number of amides is 2. The maximum absolute atomic E-state index is 12.2. The molecule has 2 aromatic rings. The highest BCUT2D eigenvalue weighted by Gasteiger charge is 2.11. The van der Waals surface area contributed by atoms with Gasteiger partial charge in [0, 0.05) is 36.4 Å². The molecule has 0 saturated heterocycles. The molecule has 2 amide bonds. The van der Waals surface area contributed by atoms with E-state index in [-0.39, 0.29) is 17.5 Å². The summed E-state index contributed by atoms with van der Waals surface area (Å²) >= 11 is 5.85. The van der Waals surface area contributed by atoms with E-state index in [2.05, 4.69) is 15.6 Å². The van der Waals surface area contributed by atoms with E-state index in [1.54, 1.807) is 6.07 Å². The highest BCUT2D eigenvalue weighted by molar-refractivity contribution is 6.30. The van der Waals surface area contributed by atoms with Gasteiger partial charge < -0.3 is 15.5 Å². The maximum Gasteiger partial charge on any atom is 0.269 e. The molecule has 0 aliphatic rings. The van der Waals surface area contributed by atoms with E-state index in [0.717, 1.165) is 12.1 Å². The lowest BCUT2D eigenvalue weighted by Gasteiger charge is -2.11. The predicted octanol–water partition coefficient (Wildman–Crippen LogP) is 2.00. The van der Waals surface area contributed by atoms with Gasteiger partial charge in [-0.15, -0.1) is 0 Å². The summed E-state index contributed by atoms with van der Waals surface area (Å²) in [4.78, 5) is 30.4. The van der Waals surface area contributed by atoms with Crippen LogP contribution in [0.4, 0.5) is 0 Å². The standard InChI is InChI=1S/C19H23ClN4O2/c1-24(2)12-11-23-18(25)15-8-10-21-17(13-15)19(26)22-9-7-14-3-5-16(20)6-4-14/h3-6,8,10,13H,7,9,11-12H2,1-2H3,(H,22,26)(H,23,25). The largest absolute Gasteiger partial charge is 0.351 e. The second-order valence-corrected chi connectivity index (χ2v) is 6.56. The molecule has 0 unspecified atom stereocenters. The van der Waals surface area contributed by atoms with E-state index < -0.39 is 0 Å². The molecule has 7 heteroatoms. The highest BCUT2D eigenvalue weighted by Crippen LogP contribution is 2.09. The van der Waals surface area contributed by atoms with Gasteiger partial charge in [0.2, 0.25) is 0 Å². The van der Waals surface area contributed by atoms with Crippen LogP contribution in [0.5, 0.6) is 0 Å². The van der Waals surface area contributed by atoms with Gasteiger partial charge in [0.05, 0.1) is 0 Å². The predicted molar refractivity (Wildman–Crippen MR) is 103 cm³/mol. The number of pyridine rings is 1. The van der Waals surface area contributed by atoms with Crippen LogP contribution < -0.4 is 10.6 Å². The van der Waals surface area contributed by atoms with E-state index in [1.807, 2.05) is 43.3 Å². The maximum atomic E-state index is 12.2. The zero-order valence-corrected chi connectivity index (χ0v) is 15.7. The second kappa shape index (κ2) is 9.89. The normalized spacial score (nSPS) is 10.6. The first-order valence-electron chi connectivity index (χ1n) is 8.37. The molecule has 2 rings (SSSR count). The zero-order chi connectivity index (χ0) is 18.9. The molecule has 1 aromatic carbocycles. The van der Waals surface area contributed by atoms with Gasteiger partial charge in [-0.3, -0.25) is 14.6 Å². The summed E-state index contributed by atoms with van der Waals surface area (Å²) < 4.78 is 0. The lowest BCUT2D eigenvalue weighted by Crippen LogP contribution is -2.32. The number of likely N-dealkylation sites (N-methyl/N-ethyl adjacent to an activating group) is 1. The summed E-state index contributed by atoms with van der Waals surface area (Å²) in [6.45, 7) is 1.76. The first kappa shape index (κ1) is 19.9. The Hall–Kier alpha value is -2.44. The molecule has 0 fully saturated rings. The Morgan fingerprint density at radius 2 is 1.73 bits per heavy atom. The molecule has 2 N–H and O–H groups in total. The summed E-state index contributed by atoms with van der Waals surface area (Å²) in [5.41, 5.74) is 1.72. The summed E-state index contributed by atoms with van der Waals surface area (Å²) in [5, 5.41) is 6.31. The van der Waals surface area contributed by atoms with Crippen molar-refractivity contribution in [2.24, 2.45) is 0 Å². The Labute approximate surface area is 158 Å². The molecular formula is C19H23ClN4O2. The summed E-state index contributed by atoms with van der Waals surface area (Å²) in [7, 11) is 3.87. The van der Waals surface area contributed by atoms with Crippen molar-refractivity contribution in [1.29, 1.82) is 0 Å². The van der Waals surface area contributed by atoms with Gasteiger partial charge in [0.25, 0.3) is 11.8 Å². The third-order valence-corrected chi connectivity index (χ3v) is 3.96. The van der Waals surface area contributed by atoms with Gasteiger partial charge in [-0.05, 0) is 50.3 Å². The Bertz CT molecular complexity index is 747. The van der Waals surface area contributed by atoms with Crippen LogP contribution in [0.1, 0.15) is 26.4 Å². The number of carbonyl (C=O) groups excluding carboxylic acids is 2. The number of hydrogen-bond acceptors (Lipinski definition) is 4. The molecule has 0 aliphatic heterocycles. The number of nitrogens with zero attached hydrogens (tertiary/aromatic N) is 2. The van der Waals surface area contributed by atoms with Crippen LogP contribution in [0, 0.1) is 0 Å². The van der Waals surface area contributed by atoms with Crippen molar-refractivity contribution < 1.29 is 9.59 Å². The molecule has 0 atom stereocenters. The first-order chi connectivity index (χ1) is 12.5. The number of hydrogen-bond donors (Lipinski definition) is 2. The van der Waals surface area contributed by atoms with Crippen molar-refractivity contribution >= 4 is 23.4 Å². The smallest absolute Gasteiger partial charge is 0.269 e. The molecular weight excluding hydrogens is 352 g/mol. The van der Waals surface area contributed by atoms with Crippen molar-refractivity contribution in [3.8, 4) is 0 Å². The fraction of sp³-hybridized carbons (Fsp3) is 0.316. The van der Waals surface area contributed by atoms with Crippen LogP contribution in [-0.2, 0) is 6.42 Å². The number of halogens is 1. The molecule has 0 spiro atoms. The van der Waals surface area contributed by atoms with E-state index in [4.69, 9.17) is 11.6 Å². The van der Waals surface area contributed by atoms with Crippen molar-refractivity contribution in [1.82, 2.24) is 20.5 Å². The van der Waals surface area contributed by atoms with Gasteiger partial charge >= 0.3 is 0 Å². The number of benzene rings is 1. The van der Waals surface area contributed by atoms with Gasteiger partial charge in [-0.25, -0.2) is 0 Å². The van der Waals surface area contributed by atoms with Gasteiger partial charge in [-0.2, -0.15) is 0 Å². The number of nitrogens with one attached hydrogen (secondary N) is 2. The summed E-state index contributed by atoms with van der Waals surface area (Å²) in [6, 6.07) is 10.6. The van der Waals surface area contributed by atoms with Crippen LogP contribution in [0.25, 0.3) is 0 Å². The summed E-state index contributed by atoms with van der Waals surface area (Å²) in [5.74, 6) is -0.522. The SMILES string of the molecule is CN(C)CCNC(=O)c1ccnc(C(=O)NCCc2ccc(Cl)cc2)c1. The topological polar surface area (TPSA) is 74.3 Å². The average molecular weight is 375 g/mol. The molecule has 138 valence electrons. The minimum absolute atomic E-state index is 0.218. The van der Waals surface area contributed by atoms with E-state index in [1.165, 1.54) is 12.3 Å². The Morgan fingerprint density at radius 1 is 1.04 bits per heavy atom. The molecule has 0 bridgehead atoms. The van der Waals surface area contributed by atoms with Crippen LogP contribution in [0.15, 0.2) is 42.6 Å². The average Bonchev–Trinajstić information content (AvgIpc) is 2.63. The molecule has 0 radical (unpaired) electrons. The number of rotatable bonds is 8. The molecule has 0 aliphatic carbocycles. The minimum atomic E-state index is -0.304. The quantitative estimate of drug-likeness (QED) is 0.741. The van der Waals surface area contributed by atoms with Gasteiger partial charge in [0.1, 0.15) is 5.69 Å². The van der Waals surface area contributed by atoms with Gasteiger partial charge in [0.15, 0.2) is 0 Å². The highest BCUT2D eigenvalue weighted by atomic mass is 35.5. The molecule has 1 aromatic heterocycles. The van der Waals surface area contributed by atoms with Crippen LogP contribution in [0.2, 0.25) is 5.02 Å². The summed E-state index contributed by atoms with van der Waals surface area (Å²) in [6.07, 6.45) is 2.16. The second-order valence-electron chi connectivity index (χ2n) is 6.12. The van der Waals surface area contributed by atoms with Gasteiger partial charge in [-0.1, -0.05) is 23.7 Å². The van der Waals surface area contributed by atoms with E-state index in [0.29, 0.717) is 30.1 Å². The number of carbonyl (C=O) groups is 2. The number of aromatic nitrogens is 1. The lowest BCUT2D eigenvalue weighted by molar-refractivity contribution is 0.0949. The Morgan fingerprint density at radius 3 is 2.42 bits per heavy atom. The van der Waals surface area contributed by atoms with E-state index in [9.17, 15) is 9.59 Å². The van der Waals surface area contributed by atoms with Crippen molar-refractivity contribution in [3.63, 3.8) is 0 Å². The van der Waals surface area contributed by atoms with Crippen molar-refractivity contribution in [2.45, 2.75) is 6.42 Å². The van der Waals surface area contributed by atoms with Crippen molar-refractivity contribution in [3.05, 3.63) is 64.4 Å². The zero-order valence-electron chi connectivity index (χ0n) is 15.0. The molecule has 1 heterocycles. The molecule has 26 heavy (non-hydrogen) atoms. The van der Waals surface area contributed by atoms with Crippen molar-refractivity contribution in [2.75, 3.05) is 33.7 Å². The van der Waals surface area contributed by atoms with Crippen LogP contribution in [0.3, 0.4) is 0 Å². The first-order valence-corrected chi connectivity index (χ1v) is 8.75. The molecule has 0 saturated carbocycles. The van der Waals surface area contributed by atoms with Crippen LogP contribution >= 0.6 is 11.6 Å². The lowest BCUT2D eigenvalue weighted by atomic mass is 10.1. The Balaban J connectivity index is 1.86. The fourth-order valence-electron chi connectivity index (χ4n) is 2.25. The third-order valence-electron chi connectivity index (χ3n) is 3.71. The van der Waals surface area contributed by atoms with E-state index >= 15 is 0 Å². The van der Waals surface area contributed by atoms with Crippen LogP contribution in [-0.4, -0.2) is 55.4 Å². The minimum Gasteiger partial charge on any atom is -0.351 e. The third kappa shape index (κ3) is 6.46. The fourth-order valence-corrected chi connectivity index (χ4v) is 2.38. The molecule has 6 nitrogen and oxygen atoms in total. The monoisotopic (exact) mass is 374 g/mol. The Kier molecular flexibility index (Phi) is 7.56.